The summed E-state index contributed by atoms with van der Waals surface area (Å²) in [5.41, 5.74) is 6.44. The summed E-state index contributed by atoms with van der Waals surface area (Å²) in [5, 5.41) is 2.84. The highest BCUT2D eigenvalue weighted by atomic mass is 19.1. The van der Waals surface area contributed by atoms with Crippen molar-refractivity contribution < 1.29 is 9.18 Å². The number of nitrogens with one attached hydrogen (secondary N) is 1. The van der Waals surface area contributed by atoms with Gasteiger partial charge in [-0.1, -0.05) is 32.9 Å². The maximum atomic E-state index is 12.8. The van der Waals surface area contributed by atoms with Crippen molar-refractivity contribution in [1.82, 2.24) is 5.32 Å². The van der Waals surface area contributed by atoms with Gasteiger partial charge in [-0.25, -0.2) is 4.39 Å². The number of nitrogens with two attached hydrogens (primary N) is 1. The Balaban J connectivity index is 2.68. The summed E-state index contributed by atoms with van der Waals surface area (Å²) >= 11 is 0. The molecule has 100 valence electrons. The van der Waals surface area contributed by atoms with Crippen molar-refractivity contribution in [3.05, 3.63) is 35.6 Å². The molecule has 4 heteroatoms. The van der Waals surface area contributed by atoms with Crippen LogP contribution in [0.4, 0.5) is 4.39 Å². The maximum absolute atomic E-state index is 12.8. The number of amides is 1. The summed E-state index contributed by atoms with van der Waals surface area (Å²) in [6, 6.07) is 5.31. The highest BCUT2D eigenvalue weighted by Gasteiger charge is 2.28. The smallest absolute Gasteiger partial charge is 0.237 e. The van der Waals surface area contributed by atoms with Gasteiger partial charge in [-0.2, -0.15) is 0 Å². The fourth-order valence-electron chi connectivity index (χ4n) is 1.53. The molecule has 1 aromatic carbocycles. The van der Waals surface area contributed by atoms with E-state index in [4.69, 9.17) is 5.73 Å². The van der Waals surface area contributed by atoms with Crippen molar-refractivity contribution in [1.29, 1.82) is 0 Å². The molecule has 3 nitrogen and oxygen atoms in total. The Morgan fingerprint density at radius 2 is 1.78 bits per heavy atom. The number of carbonyl (C=O) groups is 1. The summed E-state index contributed by atoms with van der Waals surface area (Å²) in [6.07, 6.45) is 0. The molecule has 0 spiro atoms. The second kappa shape index (κ2) is 5.48. The zero-order chi connectivity index (χ0) is 13.9. The van der Waals surface area contributed by atoms with Crippen LogP contribution in [0.1, 0.15) is 39.3 Å². The molecule has 3 N–H and O–H groups in total. The molecule has 0 fully saturated rings. The maximum Gasteiger partial charge on any atom is 0.237 e. The second-order valence-electron chi connectivity index (χ2n) is 5.63. The molecular formula is C14H21FN2O. The van der Waals surface area contributed by atoms with Crippen molar-refractivity contribution in [2.24, 2.45) is 11.1 Å². The number of carbonyl (C=O) groups excluding carboxylic acids is 1. The van der Waals surface area contributed by atoms with Crippen molar-refractivity contribution in [3.63, 3.8) is 0 Å². The highest BCUT2D eigenvalue weighted by Crippen LogP contribution is 2.19. The van der Waals surface area contributed by atoms with Crippen LogP contribution >= 0.6 is 0 Å². The lowest BCUT2D eigenvalue weighted by Gasteiger charge is -2.27. The van der Waals surface area contributed by atoms with Crippen molar-refractivity contribution in [2.45, 2.75) is 39.8 Å². The molecule has 0 aliphatic heterocycles. The van der Waals surface area contributed by atoms with Crippen LogP contribution in [0.15, 0.2) is 24.3 Å². The van der Waals surface area contributed by atoms with Crippen molar-refractivity contribution in [3.8, 4) is 0 Å². The Morgan fingerprint density at radius 1 is 1.28 bits per heavy atom. The van der Waals surface area contributed by atoms with Gasteiger partial charge in [0.05, 0.1) is 12.1 Å². The molecule has 0 heterocycles. The molecule has 0 aliphatic carbocycles. The summed E-state index contributed by atoms with van der Waals surface area (Å²) in [7, 11) is 0. The molecule has 2 atom stereocenters. The van der Waals surface area contributed by atoms with Gasteiger partial charge < -0.3 is 11.1 Å². The molecular weight excluding hydrogens is 231 g/mol. The van der Waals surface area contributed by atoms with Gasteiger partial charge in [0.25, 0.3) is 0 Å². The number of hydrogen-bond acceptors (Lipinski definition) is 2. The Labute approximate surface area is 108 Å². The minimum atomic E-state index is -0.569. The molecule has 0 saturated heterocycles. The van der Waals surface area contributed by atoms with Crippen LogP contribution in [0.5, 0.6) is 0 Å². The Kier molecular flexibility index (Phi) is 4.46. The molecule has 0 radical (unpaired) electrons. The van der Waals surface area contributed by atoms with Gasteiger partial charge in [-0.3, -0.25) is 4.79 Å². The normalized spacial score (nSPS) is 15.0. The van der Waals surface area contributed by atoms with Gasteiger partial charge in [0.15, 0.2) is 0 Å². The zero-order valence-electron chi connectivity index (χ0n) is 11.3. The Bertz CT molecular complexity index is 409. The third-order valence-corrected chi connectivity index (χ3v) is 2.94. The first kappa shape index (κ1) is 14.6. The number of hydrogen-bond donors (Lipinski definition) is 2. The first-order chi connectivity index (χ1) is 8.21. The summed E-state index contributed by atoms with van der Waals surface area (Å²) < 4.78 is 12.8. The van der Waals surface area contributed by atoms with Crippen molar-refractivity contribution >= 4 is 5.91 Å². The van der Waals surface area contributed by atoms with Gasteiger partial charge in [-0.15, -0.1) is 0 Å². The highest BCUT2D eigenvalue weighted by molar-refractivity contribution is 5.82. The van der Waals surface area contributed by atoms with Crippen molar-refractivity contribution in [2.75, 3.05) is 0 Å². The fourth-order valence-corrected chi connectivity index (χ4v) is 1.53. The molecule has 0 aliphatic rings. The van der Waals surface area contributed by atoms with Gasteiger partial charge in [0.1, 0.15) is 5.82 Å². The number of rotatable bonds is 3. The van der Waals surface area contributed by atoms with Gasteiger partial charge in [0.2, 0.25) is 5.91 Å². The van der Waals surface area contributed by atoms with Crippen LogP contribution in [0.3, 0.4) is 0 Å². The Morgan fingerprint density at radius 3 is 2.22 bits per heavy atom. The summed E-state index contributed by atoms with van der Waals surface area (Å²) in [6.45, 7) is 7.60. The van der Waals surface area contributed by atoms with E-state index in [1.165, 1.54) is 12.1 Å². The molecule has 1 aromatic rings. The van der Waals surface area contributed by atoms with Crippen LogP contribution in [-0.4, -0.2) is 11.9 Å². The first-order valence-corrected chi connectivity index (χ1v) is 6.03. The number of benzene rings is 1. The molecule has 0 aromatic heterocycles. The monoisotopic (exact) mass is 252 g/mol. The average Bonchev–Trinajstić information content (AvgIpc) is 2.27. The third kappa shape index (κ3) is 3.81. The van der Waals surface area contributed by atoms with Gasteiger partial charge in [-0.05, 0) is 30.0 Å². The van der Waals surface area contributed by atoms with E-state index in [-0.39, 0.29) is 23.2 Å². The van der Waals surface area contributed by atoms with Crippen LogP contribution in [-0.2, 0) is 4.79 Å². The van der Waals surface area contributed by atoms with E-state index in [0.29, 0.717) is 0 Å². The third-order valence-electron chi connectivity index (χ3n) is 2.94. The molecule has 0 bridgehead atoms. The minimum Gasteiger partial charge on any atom is -0.348 e. The summed E-state index contributed by atoms with van der Waals surface area (Å²) in [5.74, 6) is -0.483. The van der Waals surface area contributed by atoms with E-state index >= 15 is 0 Å². The molecule has 1 amide bonds. The van der Waals surface area contributed by atoms with E-state index < -0.39 is 6.04 Å². The SMILES string of the molecule is C[C@@H](NC(=O)[C@H](N)C(C)(C)C)c1ccc(F)cc1. The standard InChI is InChI=1S/C14H21FN2O/c1-9(10-5-7-11(15)8-6-10)17-13(18)12(16)14(2,3)4/h5-9,12H,16H2,1-4H3,(H,17,18)/t9-,12+/m1/s1. The van der Waals surface area contributed by atoms with Crippen LogP contribution < -0.4 is 11.1 Å². The largest absolute Gasteiger partial charge is 0.348 e. The minimum absolute atomic E-state index is 0.188. The van der Waals surface area contributed by atoms with E-state index in [1.807, 2.05) is 27.7 Å². The van der Waals surface area contributed by atoms with E-state index in [0.717, 1.165) is 5.56 Å². The molecule has 18 heavy (non-hydrogen) atoms. The summed E-state index contributed by atoms with van der Waals surface area (Å²) in [4.78, 5) is 11.9. The predicted molar refractivity (Wildman–Crippen MR) is 70.4 cm³/mol. The van der Waals surface area contributed by atoms with E-state index in [1.54, 1.807) is 12.1 Å². The molecule has 1 rings (SSSR count). The lowest BCUT2D eigenvalue weighted by Crippen LogP contribution is -2.49. The quantitative estimate of drug-likeness (QED) is 0.867. The topological polar surface area (TPSA) is 55.1 Å². The predicted octanol–water partition coefficient (Wildman–Crippen LogP) is 2.38. The Hall–Kier alpha value is -1.42. The first-order valence-electron chi connectivity index (χ1n) is 6.03. The average molecular weight is 252 g/mol. The molecule has 0 unspecified atom stereocenters. The molecule has 0 saturated carbocycles. The van der Waals surface area contributed by atoms with Gasteiger partial charge in [0, 0.05) is 0 Å². The second-order valence-corrected chi connectivity index (χ2v) is 5.63. The van der Waals surface area contributed by atoms with Gasteiger partial charge >= 0.3 is 0 Å². The van der Waals surface area contributed by atoms with E-state index in [2.05, 4.69) is 5.32 Å². The van der Waals surface area contributed by atoms with Crippen LogP contribution in [0.25, 0.3) is 0 Å². The zero-order valence-corrected chi connectivity index (χ0v) is 11.3. The number of halogens is 1. The lowest BCUT2D eigenvalue weighted by atomic mass is 9.86. The van der Waals surface area contributed by atoms with Crippen LogP contribution in [0, 0.1) is 11.2 Å². The van der Waals surface area contributed by atoms with Crippen LogP contribution in [0.2, 0.25) is 0 Å². The van der Waals surface area contributed by atoms with E-state index in [9.17, 15) is 9.18 Å². The fraction of sp³-hybridized carbons (Fsp3) is 0.500. The lowest BCUT2D eigenvalue weighted by molar-refractivity contribution is -0.125.